The van der Waals surface area contributed by atoms with Crippen molar-refractivity contribution in [3.63, 3.8) is 0 Å². The minimum absolute atomic E-state index is 0.0503. The summed E-state index contributed by atoms with van der Waals surface area (Å²) in [4.78, 5) is 0.318. The molecule has 0 saturated heterocycles. The fraction of sp³-hybridized carbons (Fsp3) is 0.625. The summed E-state index contributed by atoms with van der Waals surface area (Å²) in [5.74, 6) is 1.24. The molecule has 1 aromatic rings. The molecule has 0 amide bonds. The molecule has 0 aliphatic heterocycles. The first-order valence-electron chi connectivity index (χ1n) is 7.67. The van der Waals surface area contributed by atoms with Gasteiger partial charge in [0, 0.05) is 12.1 Å². The molecule has 4 unspecified atom stereocenters. The third-order valence-electron chi connectivity index (χ3n) is 4.64. The van der Waals surface area contributed by atoms with E-state index in [9.17, 15) is 8.42 Å². The van der Waals surface area contributed by atoms with Gasteiger partial charge in [-0.25, -0.2) is 13.1 Å². The average molecular weight is 310 g/mol. The zero-order valence-corrected chi connectivity index (χ0v) is 13.9. The fourth-order valence-electron chi connectivity index (χ4n) is 2.89. The Morgan fingerprint density at radius 3 is 2.29 bits per heavy atom. The number of benzene rings is 1. The highest BCUT2D eigenvalue weighted by atomic mass is 32.2. The SMILES string of the molecule is CC(N)c1ccc(S(=O)(=O)NC2CCC(C)C(C)C2)cc1. The molecule has 0 spiro atoms. The third kappa shape index (κ3) is 4.05. The normalized spacial score (nSPS) is 28.3. The Kier molecular flexibility index (Phi) is 5.07. The minimum Gasteiger partial charge on any atom is -0.324 e. The second-order valence-corrected chi connectivity index (χ2v) is 8.16. The molecule has 1 fully saturated rings. The Bertz CT molecular complexity index is 566. The average Bonchev–Trinajstić information content (AvgIpc) is 2.43. The molecule has 0 heterocycles. The van der Waals surface area contributed by atoms with Gasteiger partial charge in [0.15, 0.2) is 0 Å². The molecule has 2 rings (SSSR count). The Labute approximate surface area is 128 Å². The summed E-state index contributed by atoms with van der Waals surface area (Å²) in [6.45, 7) is 6.32. The zero-order chi connectivity index (χ0) is 15.6. The number of nitrogens with two attached hydrogens (primary N) is 1. The van der Waals surface area contributed by atoms with Crippen molar-refractivity contribution >= 4 is 10.0 Å². The lowest BCUT2D eigenvalue weighted by Crippen LogP contribution is -2.39. The second kappa shape index (κ2) is 6.46. The molecule has 4 nitrogen and oxygen atoms in total. The first-order valence-corrected chi connectivity index (χ1v) is 9.16. The Morgan fingerprint density at radius 2 is 1.76 bits per heavy atom. The van der Waals surface area contributed by atoms with Gasteiger partial charge in [-0.05, 0) is 55.7 Å². The molecule has 5 heteroatoms. The van der Waals surface area contributed by atoms with Crippen molar-refractivity contribution in [1.82, 2.24) is 4.72 Å². The summed E-state index contributed by atoms with van der Waals surface area (Å²) in [5, 5.41) is 0. The molecular weight excluding hydrogens is 284 g/mol. The van der Waals surface area contributed by atoms with Crippen molar-refractivity contribution in [2.45, 2.75) is 57.0 Å². The van der Waals surface area contributed by atoms with Crippen LogP contribution in [0, 0.1) is 11.8 Å². The summed E-state index contributed by atoms with van der Waals surface area (Å²) in [7, 11) is -3.43. The molecule has 118 valence electrons. The molecule has 4 atom stereocenters. The predicted molar refractivity (Wildman–Crippen MR) is 85.3 cm³/mol. The van der Waals surface area contributed by atoms with Gasteiger partial charge in [0.05, 0.1) is 4.90 Å². The van der Waals surface area contributed by atoms with Crippen LogP contribution in [-0.4, -0.2) is 14.5 Å². The number of rotatable bonds is 4. The van der Waals surface area contributed by atoms with Crippen LogP contribution < -0.4 is 10.5 Å². The molecular formula is C16H26N2O2S. The van der Waals surface area contributed by atoms with Crippen LogP contribution in [0.5, 0.6) is 0 Å². The first-order chi connectivity index (χ1) is 9.79. The molecule has 0 aromatic heterocycles. The van der Waals surface area contributed by atoms with Crippen LogP contribution in [0.3, 0.4) is 0 Å². The van der Waals surface area contributed by atoms with E-state index in [-0.39, 0.29) is 12.1 Å². The number of hydrogen-bond donors (Lipinski definition) is 2. The van der Waals surface area contributed by atoms with Crippen LogP contribution in [0.25, 0.3) is 0 Å². The number of nitrogens with one attached hydrogen (secondary N) is 1. The monoisotopic (exact) mass is 310 g/mol. The van der Waals surface area contributed by atoms with Crippen molar-refractivity contribution in [2.75, 3.05) is 0 Å². The second-order valence-electron chi connectivity index (χ2n) is 6.44. The van der Waals surface area contributed by atoms with Gasteiger partial charge in [0.25, 0.3) is 0 Å². The summed E-state index contributed by atoms with van der Waals surface area (Å²) in [5.41, 5.74) is 6.72. The fourth-order valence-corrected chi connectivity index (χ4v) is 4.18. The van der Waals surface area contributed by atoms with Gasteiger partial charge in [-0.2, -0.15) is 0 Å². The maximum atomic E-state index is 12.4. The Morgan fingerprint density at radius 1 is 1.14 bits per heavy atom. The van der Waals surface area contributed by atoms with Crippen LogP contribution in [0.15, 0.2) is 29.2 Å². The topological polar surface area (TPSA) is 72.2 Å². The van der Waals surface area contributed by atoms with E-state index in [2.05, 4.69) is 18.6 Å². The summed E-state index contributed by atoms with van der Waals surface area (Å²) < 4.78 is 27.7. The van der Waals surface area contributed by atoms with Crippen molar-refractivity contribution in [1.29, 1.82) is 0 Å². The molecule has 1 saturated carbocycles. The molecule has 21 heavy (non-hydrogen) atoms. The lowest BCUT2D eigenvalue weighted by molar-refractivity contribution is 0.242. The quantitative estimate of drug-likeness (QED) is 0.898. The third-order valence-corrected chi connectivity index (χ3v) is 6.17. The lowest BCUT2D eigenvalue weighted by Gasteiger charge is -2.32. The Hall–Kier alpha value is -0.910. The smallest absolute Gasteiger partial charge is 0.240 e. The van der Waals surface area contributed by atoms with Crippen molar-refractivity contribution in [3.05, 3.63) is 29.8 Å². The standard InChI is InChI=1S/C16H26N2O2S/c1-11-4-7-15(10-12(11)2)18-21(19,20)16-8-5-14(6-9-16)13(3)17/h5-6,8-9,11-13,15,18H,4,7,10,17H2,1-3H3. The van der Waals surface area contributed by atoms with Crippen LogP contribution in [-0.2, 0) is 10.0 Å². The van der Waals surface area contributed by atoms with Crippen LogP contribution in [0.2, 0.25) is 0 Å². The highest BCUT2D eigenvalue weighted by molar-refractivity contribution is 7.89. The van der Waals surface area contributed by atoms with Crippen molar-refractivity contribution in [3.8, 4) is 0 Å². The van der Waals surface area contributed by atoms with Gasteiger partial charge >= 0.3 is 0 Å². The van der Waals surface area contributed by atoms with Gasteiger partial charge < -0.3 is 5.73 Å². The maximum Gasteiger partial charge on any atom is 0.240 e. The molecule has 1 aromatic carbocycles. The van der Waals surface area contributed by atoms with E-state index in [1.165, 1.54) is 0 Å². The van der Waals surface area contributed by atoms with E-state index in [1.807, 2.05) is 6.92 Å². The highest BCUT2D eigenvalue weighted by Gasteiger charge is 2.28. The number of hydrogen-bond acceptors (Lipinski definition) is 3. The minimum atomic E-state index is -3.43. The highest BCUT2D eigenvalue weighted by Crippen LogP contribution is 2.30. The largest absolute Gasteiger partial charge is 0.324 e. The van der Waals surface area contributed by atoms with E-state index in [4.69, 9.17) is 5.73 Å². The van der Waals surface area contributed by atoms with E-state index in [0.29, 0.717) is 16.7 Å². The van der Waals surface area contributed by atoms with Gasteiger partial charge in [-0.1, -0.05) is 26.0 Å². The maximum absolute atomic E-state index is 12.4. The van der Waals surface area contributed by atoms with Gasteiger partial charge in [0.1, 0.15) is 0 Å². The van der Waals surface area contributed by atoms with E-state index >= 15 is 0 Å². The van der Waals surface area contributed by atoms with Crippen molar-refractivity contribution < 1.29 is 8.42 Å². The molecule has 0 bridgehead atoms. The van der Waals surface area contributed by atoms with Crippen LogP contribution >= 0.6 is 0 Å². The van der Waals surface area contributed by atoms with Crippen LogP contribution in [0.4, 0.5) is 0 Å². The van der Waals surface area contributed by atoms with Gasteiger partial charge in [-0.3, -0.25) is 0 Å². The zero-order valence-electron chi connectivity index (χ0n) is 13.0. The molecule has 1 aliphatic carbocycles. The number of sulfonamides is 1. The lowest BCUT2D eigenvalue weighted by atomic mass is 9.79. The first kappa shape index (κ1) is 16.5. The van der Waals surface area contributed by atoms with Crippen molar-refractivity contribution in [2.24, 2.45) is 17.6 Å². The van der Waals surface area contributed by atoms with E-state index < -0.39 is 10.0 Å². The molecule has 0 radical (unpaired) electrons. The van der Waals surface area contributed by atoms with E-state index in [0.717, 1.165) is 24.8 Å². The molecule has 3 N–H and O–H groups in total. The van der Waals surface area contributed by atoms with Gasteiger partial charge in [0.2, 0.25) is 10.0 Å². The predicted octanol–water partition coefficient (Wildman–Crippen LogP) is 2.81. The Balaban J connectivity index is 2.08. The van der Waals surface area contributed by atoms with Crippen LogP contribution in [0.1, 0.15) is 51.6 Å². The summed E-state index contributed by atoms with van der Waals surface area (Å²) in [6, 6.07) is 6.80. The van der Waals surface area contributed by atoms with Gasteiger partial charge in [-0.15, -0.1) is 0 Å². The molecule has 1 aliphatic rings. The summed E-state index contributed by atoms with van der Waals surface area (Å²) in [6.07, 6.45) is 2.92. The summed E-state index contributed by atoms with van der Waals surface area (Å²) >= 11 is 0. The van der Waals surface area contributed by atoms with E-state index in [1.54, 1.807) is 24.3 Å².